The molecule has 5 rings (SSSR count). The lowest BCUT2D eigenvalue weighted by atomic mass is 9.97. The molecule has 0 amide bonds. The Balaban J connectivity index is 1.25. The summed E-state index contributed by atoms with van der Waals surface area (Å²) in [7, 11) is 0. The Morgan fingerprint density at radius 3 is 2.69 bits per heavy atom. The summed E-state index contributed by atoms with van der Waals surface area (Å²) < 4.78 is 44.4. The van der Waals surface area contributed by atoms with E-state index in [1.165, 1.54) is 0 Å². The van der Waals surface area contributed by atoms with E-state index in [0.717, 1.165) is 24.6 Å². The molecule has 1 fully saturated rings. The summed E-state index contributed by atoms with van der Waals surface area (Å²) in [5, 5.41) is 3.01. The first-order chi connectivity index (χ1) is 17.5. The summed E-state index contributed by atoms with van der Waals surface area (Å²) in [5.41, 5.74) is 2.66. The van der Waals surface area contributed by atoms with Crippen LogP contribution in [0.2, 0.25) is 0 Å². The van der Waals surface area contributed by atoms with Crippen LogP contribution in [-0.2, 0) is 16.1 Å². The predicted molar refractivity (Wildman–Crippen MR) is 129 cm³/mol. The van der Waals surface area contributed by atoms with Crippen molar-refractivity contribution in [1.29, 1.82) is 0 Å². The number of carbonyl (C=O) groups is 2. The van der Waals surface area contributed by atoms with Gasteiger partial charge in [0, 0.05) is 5.56 Å². The highest BCUT2D eigenvalue weighted by Crippen LogP contribution is 2.38. The number of esters is 2. The van der Waals surface area contributed by atoms with E-state index in [-0.39, 0.29) is 24.5 Å². The van der Waals surface area contributed by atoms with Gasteiger partial charge in [0.05, 0.1) is 5.56 Å². The van der Waals surface area contributed by atoms with Crippen LogP contribution >= 0.6 is 0 Å². The summed E-state index contributed by atoms with van der Waals surface area (Å²) in [6.45, 7) is 1.10. The van der Waals surface area contributed by atoms with Crippen LogP contribution in [0, 0.1) is 11.6 Å². The van der Waals surface area contributed by atoms with Crippen LogP contribution < -0.4 is 14.8 Å². The second kappa shape index (κ2) is 10.3. The Kier molecular flexibility index (Phi) is 6.77. The fourth-order valence-electron chi connectivity index (χ4n) is 4.25. The summed E-state index contributed by atoms with van der Waals surface area (Å²) in [6.07, 6.45) is 4.99. The third-order valence-corrected chi connectivity index (χ3v) is 6.09. The van der Waals surface area contributed by atoms with Crippen LogP contribution in [-0.4, -0.2) is 31.1 Å². The van der Waals surface area contributed by atoms with Gasteiger partial charge in [-0.3, -0.25) is 0 Å². The number of hydrogen-bond donors (Lipinski definition) is 1. The average Bonchev–Trinajstić information content (AvgIpc) is 3.46. The first-order valence-corrected chi connectivity index (χ1v) is 11.6. The van der Waals surface area contributed by atoms with Crippen molar-refractivity contribution >= 4 is 18.0 Å². The molecule has 3 aromatic rings. The van der Waals surface area contributed by atoms with Gasteiger partial charge in [0.15, 0.2) is 11.6 Å². The second-order valence-electron chi connectivity index (χ2n) is 8.55. The maximum absolute atomic E-state index is 14.1. The Morgan fingerprint density at radius 1 is 1.08 bits per heavy atom. The number of ether oxygens (including phenoxy) is 3. The number of fused-ring (bicyclic) bond motifs is 1. The Bertz CT molecular complexity index is 1330. The normalized spacial score (nSPS) is 16.2. The minimum absolute atomic E-state index is 0.0903. The molecule has 8 heteroatoms. The Labute approximate surface area is 206 Å². The van der Waals surface area contributed by atoms with Crippen LogP contribution in [0.4, 0.5) is 8.78 Å². The van der Waals surface area contributed by atoms with E-state index in [9.17, 15) is 18.4 Å². The van der Waals surface area contributed by atoms with Crippen molar-refractivity contribution < 1.29 is 32.6 Å². The number of nitrogens with one attached hydrogen (secondary N) is 1. The standard InChI is InChI=1S/C28H23F2NO5/c29-23-15-22(21-6-3-13-34-26(21)25(23)30)18-8-10-20(11-9-18)35-16-17-4-1-5-19(14-17)27(32)36-28(33)24-7-2-12-31-24/h1,3-6,8-11,14-15,24,31H,2,7,12-13,16H2/t24-/m0/s1. The molecule has 0 saturated carbocycles. The smallest absolute Gasteiger partial charge is 0.345 e. The molecule has 1 N–H and O–H groups in total. The molecular weight excluding hydrogens is 468 g/mol. The first-order valence-electron chi connectivity index (χ1n) is 11.6. The van der Waals surface area contributed by atoms with Crippen LogP contribution in [0.3, 0.4) is 0 Å². The molecule has 184 valence electrons. The highest BCUT2D eigenvalue weighted by Gasteiger charge is 2.26. The molecule has 2 aliphatic heterocycles. The largest absolute Gasteiger partial charge is 0.489 e. The molecular formula is C28H23F2NO5. The zero-order chi connectivity index (χ0) is 25.1. The number of carbonyl (C=O) groups excluding carboxylic acids is 2. The topological polar surface area (TPSA) is 73.9 Å². The molecule has 3 aromatic carbocycles. The molecule has 36 heavy (non-hydrogen) atoms. The monoisotopic (exact) mass is 491 g/mol. The van der Waals surface area contributed by atoms with Crippen LogP contribution in [0.25, 0.3) is 17.2 Å². The SMILES string of the molecule is O=C(OC(=O)[C@@H]1CCCN1)c1cccc(COc2ccc(-c3cc(F)c(F)c4c3C=CCO4)cc2)c1. The van der Waals surface area contributed by atoms with Gasteiger partial charge in [-0.2, -0.15) is 4.39 Å². The van der Waals surface area contributed by atoms with Gasteiger partial charge >= 0.3 is 11.9 Å². The summed E-state index contributed by atoms with van der Waals surface area (Å²) in [5.74, 6) is -2.77. The quantitative estimate of drug-likeness (QED) is 0.384. The minimum atomic E-state index is -0.997. The van der Waals surface area contributed by atoms with Crippen molar-refractivity contribution in [1.82, 2.24) is 5.32 Å². The number of hydrogen-bond acceptors (Lipinski definition) is 6. The third-order valence-electron chi connectivity index (χ3n) is 6.09. The summed E-state index contributed by atoms with van der Waals surface area (Å²) >= 11 is 0. The lowest BCUT2D eigenvalue weighted by Crippen LogP contribution is -2.33. The number of rotatable bonds is 6. The Morgan fingerprint density at radius 2 is 1.92 bits per heavy atom. The minimum Gasteiger partial charge on any atom is -0.489 e. The first kappa shape index (κ1) is 23.7. The van der Waals surface area contributed by atoms with E-state index >= 15 is 0 Å². The lowest BCUT2D eigenvalue weighted by molar-refractivity contribution is -0.139. The summed E-state index contributed by atoms with van der Waals surface area (Å²) in [4.78, 5) is 24.5. The van der Waals surface area contributed by atoms with Crippen molar-refractivity contribution in [3.8, 4) is 22.6 Å². The second-order valence-corrected chi connectivity index (χ2v) is 8.55. The zero-order valence-corrected chi connectivity index (χ0v) is 19.3. The number of benzene rings is 3. The van der Waals surface area contributed by atoms with Gasteiger partial charge < -0.3 is 19.5 Å². The van der Waals surface area contributed by atoms with E-state index in [1.54, 1.807) is 60.7 Å². The van der Waals surface area contributed by atoms with Gasteiger partial charge in [0.2, 0.25) is 5.82 Å². The van der Waals surface area contributed by atoms with Crippen molar-refractivity contribution in [2.75, 3.05) is 13.2 Å². The highest BCUT2D eigenvalue weighted by molar-refractivity contribution is 5.98. The van der Waals surface area contributed by atoms with Crippen LogP contribution in [0.5, 0.6) is 11.5 Å². The van der Waals surface area contributed by atoms with Gasteiger partial charge in [-0.1, -0.05) is 30.3 Å². The van der Waals surface area contributed by atoms with Gasteiger partial charge in [-0.05, 0) is 72.5 Å². The van der Waals surface area contributed by atoms with Crippen LogP contribution in [0.1, 0.15) is 34.3 Å². The molecule has 0 aromatic heterocycles. The molecule has 6 nitrogen and oxygen atoms in total. The molecule has 2 heterocycles. The van der Waals surface area contributed by atoms with Crippen molar-refractivity contribution in [2.45, 2.75) is 25.5 Å². The molecule has 0 radical (unpaired) electrons. The molecule has 1 atom stereocenters. The van der Waals surface area contributed by atoms with Crippen LogP contribution in [0.15, 0.2) is 60.7 Å². The van der Waals surface area contributed by atoms with Gasteiger partial charge in [0.1, 0.15) is 25.0 Å². The lowest BCUT2D eigenvalue weighted by Gasteiger charge is -2.17. The predicted octanol–water partition coefficient (Wildman–Crippen LogP) is 5.05. The Hall–Kier alpha value is -4.04. The van der Waals surface area contributed by atoms with Gasteiger partial charge in [0.25, 0.3) is 0 Å². The molecule has 1 saturated heterocycles. The van der Waals surface area contributed by atoms with Crippen molar-refractivity contribution in [2.24, 2.45) is 0 Å². The maximum Gasteiger partial charge on any atom is 0.345 e. The molecule has 0 bridgehead atoms. The average molecular weight is 491 g/mol. The zero-order valence-electron chi connectivity index (χ0n) is 19.3. The van der Waals surface area contributed by atoms with Gasteiger partial charge in [-0.15, -0.1) is 0 Å². The van der Waals surface area contributed by atoms with E-state index in [0.29, 0.717) is 28.9 Å². The van der Waals surface area contributed by atoms with E-state index < -0.39 is 29.6 Å². The summed E-state index contributed by atoms with van der Waals surface area (Å²) in [6, 6.07) is 14.4. The van der Waals surface area contributed by atoms with Crippen molar-refractivity contribution in [3.05, 3.63) is 89.0 Å². The van der Waals surface area contributed by atoms with E-state index in [1.807, 2.05) is 0 Å². The fraction of sp³-hybridized carbons (Fsp3) is 0.214. The molecule has 0 unspecified atom stereocenters. The third kappa shape index (κ3) is 4.99. The molecule has 0 aliphatic carbocycles. The molecule has 2 aliphatic rings. The highest BCUT2D eigenvalue weighted by atomic mass is 19.2. The van der Waals surface area contributed by atoms with E-state index in [4.69, 9.17) is 14.2 Å². The molecule has 0 spiro atoms. The maximum atomic E-state index is 14.1. The number of halogens is 2. The van der Waals surface area contributed by atoms with Crippen molar-refractivity contribution in [3.63, 3.8) is 0 Å². The van der Waals surface area contributed by atoms with Gasteiger partial charge in [-0.25, -0.2) is 14.0 Å². The fourth-order valence-corrected chi connectivity index (χ4v) is 4.25. The van der Waals surface area contributed by atoms with E-state index in [2.05, 4.69) is 5.32 Å².